The highest BCUT2D eigenvalue weighted by Gasteiger charge is 2.39. The maximum absolute atomic E-state index is 13.2. The van der Waals surface area contributed by atoms with E-state index in [0.29, 0.717) is 0 Å². The van der Waals surface area contributed by atoms with E-state index in [2.05, 4.69) is 5.32 Å². The van der Waals surface area contributed by atoms with Crippen LogP contribution in [0.15, 0.2) is 24.3 Å². The number of carboxylic acids is 1. The van der Waals surface area contributed by atoms with Crippen LogP contribution in [0.5, 0.6) is 0 Å². The Hall–Kier alpha value is -2.57. The molecule has 7 heteroatoms. The van der Waals surface area contributed by atoms with Crippen LogP contribution in [0.4, 0.5) is 4.79 Å². The van der Waals surface area contributed by atoms with Gasteiger partial charge in [0.05, 0.1) is 0 Å². The lowest BCUT2D eigenvalue weighted by Crippen LogP contribution is -2.57. The molecule has 0 aliphatic carbocycles. The van der Waals surface area contributed by atoms with Crippen LogP contribution < -0.4 is 5.32 Å². The standard InChI is InChI=1S/C20H28N2O5/c1-12(2)16(21-19(26)27-20(3,4)5)17(23)22-11-14-9-7-6-8-13(14)10-15(22)18(24)25/h6-9,12,15-16H,10-11H2,1-5H3,(H,21,26)(H,24,25)/t15-,16?/m0/s1. The quantitative estimate of drug-likeness (QED) is 0.842. The van der Waals surface area contributed by atoms with Gasteiger partial charge in [-0.15, -0.1) is 0 Å². The van der Waals surface area contributed by atoms with Crippen molar-refractivity contribution in [3.8, 4) is 0 Å². The smallest absolute Gasteiger partial charge is 0.408 e. The van der Waals surface area contributed by atoms with Gasteiger partial charge in [0, 0.05) is 13.0 Å². The molecule has 1 unspecified atom stereocenters. The zero-order valence-electron chi connectivity index (χ0n) is 16.5. The van der Waals surface area contributed by atoms with Crippen LogP contribution in [0.1, 0.15) is 45.7 Å². The number of fused-ring (bicyclic) bond motifs is 1. The van der Waals surface area contributed by atoms with Gasteiger partial charge in [0.2, 0.25) is 5.91 Å². The lowest BCUT2D eigenvalue weighted by atomic mass is 9.92. The lowest BCUT2D eigenvalue weighted by molar-refractivity contribution is -0.152. The minimum absolute atomic E-state index is 0.200. The molecule has 2 atom stereocenters. The first-order chi connectivity index (χ1) is 12.5. The van der Waals surface area contributed by atoms with Gasteiger partial charge in [0.15, 0.2) is 0 Å². The largest absolute Gasteiger partial charge is 0.480 e. The summed E-state index contributed by atoms with van der Waals surface area (Å²) in [5, 5.41) is 12.2. The molecular formula is C20H28N2O5. The summed E-state index contributed by atoms with van der Waals surface area (Å²) in [7, 11) is 0. The fourth-order valence-electron chi connectivity index (χ4n) is 3.10. The first-order valence-electron chi connectivity index (χ1n) is 9.09. The van der Waals surface area contributed by atoms with Crippen molar-refractivity contribution in [3.05, 3.63) is 35.4 Å². The predicted octanol–water partition coefficient (Wildman–Crippen LogP) is 2.57. The molecule has 148 valence electrons. The summed E-state index contributed by atoms with van der Waals surface area (Å²) in [6.07, 6.45) is -0.451. The average Bonchev–Trinajstić information content (AvgIpc) is 2.56. The first-order valence-corrected chi connectivity index (χ1v) is 9.09. The van der Waals surface area contributed by atoms with Crippen LogP contribution in [0, 0.1) is 5.92 Å². The molecule has 0 bridgehead atoms. The van der Waals surface area contributed by atoms with E-state index in [1.165, 1.54) is 4.90 Å². The molecule has 2 amide bonds. The van der Waals surface area contributed by atoms with Gasteiger partial charge in [-0.25, -0.2) is 9.59 Å². The van der Waals surface area contributed by atoms with Gasteiger partial charge < -0.3 is 20.1 Å². The van der Waals surface area contributed by atoms with Crippen molar-refractivity contribution >= 4 is 18.0 Å². The van der Waals surface area contributed by atoms with E-state index in [0.717, 1.165) is 11.1 Å². The van der Waals surface area contributed by atoms with Gasteiger partial charge in [-0.1, -0.05) is 38.1 Å². The summed E-state index contributed by atoms with van der Waals surface area (Å²) in [5.41, 5.74) is 1.15. The van der Waals surface area contributed by atoms with Crippen LogP contribution in [-0.2, 0) is 27.3 Å². The maximum Gasteiger partial charge on any atom is 0.408 e. The van der Waals surface area contributed by atoms with Crippen LogP contribution in [-0.4, -0.2) is 45.7 Å². The van der Waals surface area contributed by atoms with Gasteiger partial charge in [0.1, 0.15) is 17.7 Å². The Labute approximate surface area is 159 Å². The Morgan fingerprint density at radius 2 is 1.78 bits per heavy atom. The molecule has 1 heterocycles. The molecule has 0 aromatic heterocycles. The van der Waals surface area contributed by atoms with Crippen molar-refractivity contribution in [2.24, 2.45) is 5.92 Å². The monoisotopic (exact) mass is 376 g/mol. The van der Waals surface area contributed by atoms with Crippen molar-refractivity contribution in [2.75, 3.05) is 0 Å². The summed E-state index contributed by atoms with van der Waals surface area (Å²) < 4.78 is 5.25. The molecule has 0 saturated carbocycles. The Balaban J connectivity index is 2.25. The maximum atomic E-state index is 13.2. The van der Waals surface area contributed by atoms with E-state index in [1.54, 1.807) is 34.6 Å². The normalized spacial score (nSPS) is 17.9. The van der Waals surface area contributed by atoms with Crippen LogP contribution in [0.2, 0.25) is 0 Å². The number of carboxylic acid groups (broad SMARTS) is 1. The average molecular weight is 376 g/mol. The van der Waals surface area contributed by atoms with E-state index < -0.39 is 35.7 Å². The molecule has 1 aromatic carbocycles. The third kappa shape index (κ3) is 5.21. The number of carbonyl (C=O) groups is 3. The Bertz CT molecular complexity index is 723. The summed E-state index contributed by atoms with van der Waals surface area (Å²) in [6, 6.07) is 5.66. The first kappa shape index (κ1) is 20.7. The molecule has 7 nitrogen and oxygen atoms in total. The van der Waals surface area contributed by atoms with E-state index in [-0.39, 0.29) is 18.9 Å². The molecule has 1 aliphatic rings. The number of nitrogens with one attached hydrogen (secondary N) is 1. The van der Waals surface area contributed by atoms with Crippen LogP contribution in [0.3, 0.4) is 0 Å². The highest BCUT2D eigenvalue weighted by atomic mass is 16.6. The summed E-state index contributed by atoms with van der Waals surface area (Å²) in [5.74, 6) is -1.70. The number of amides is 2. The number of hydrogen-bond donors (Lipinski definition) is 2. The van der Waals surface area contributed by atoms with Gasteiger partial charge in [-0.2, -0.15) is 0 Å². The lowest BCUT2D eigenvalue weighted by Gasteiger charge is -2.37. The van der Waals surface area contributed by atoms with E-state index >= 15 is 0 Å². The third-order valence-electron chi connectivity index (χ3n) is 4.42. The molecule has 0 saturated heterocycles. The van der Waals surface area contributed by atoms with E-state index in [9.17, 15) is 19.5 Å². The SMILES string of the molecule is CC(C)C(NC(=O)OC(C)(C)C)C(=O)N1Cc2ccccc2C[C@H]1C(=O)O. The van der Waals surface area contributed by atoms with E-state index in [1.807, 2.05) is 24.3 Å². The number of nitrogens with zero attached hydrogens (tertiary/aromatic N) is 1. The van der Waals surface area contributed by atoms with Crippen molar-refractivity contribution < 1.29 is 24.2 Å². The Morgan fingerprint density at radius 3 is 2.30 bits per heavy atom. The number of aliphatic carboxylic acids is 1. The number of alkyl carbamates (subject to hydrolysis) is 1. The number of rotatable bonds is 4. The number of ether oxygens (including phenoxy) is 1. The zero-order valence-corrected chi connectivity index (χ0v) is 16.5. The number of hydrogen-bond acceptors (Lipinski definition) is 4. The highest BCUT2D eigenvalue weighted by Crippen LogP contribution is 2.25. The van der Waals surface area contributed by atoms with Gasteiger partial charge in [-0.05, 0) is 37.8 Å². The number of benzene rings is 1. The van der Waals surface area contributed by atoms with E-state index in [4.69, 9.17) is 4.74 Å². The molecule has 1 aliphatic heterocycles. The molecule has 2 N–H and O–H groups in total. The molecule has 0 fully saturated rings. The van der Waals surface area contributed by atoms with Crippen molar-refractivity contribution in [3.63, 3.8) is 0 Å². The van der Waals surface area contributed by atoms with Gasteiger partial charge in [0.25, 0.3) is 0 Å². The minimum Gasteiger partial charge on any atom is -0.480 e. The predicted molar refractivity (Wildman–Crippen MR) is 100 cm³/mol. The minimum atomic E-state index is -1.06. The van der Waals surface area contributed by atoms with Crippen molar-refractivity contribution in [1.82, 2.24) is 10.2 Å². The fourth-order valence-corrected chi connectivity index (χ4v) is 3.10. The fraction of sp³-hybridized carbons (Fsp3) is 0.550. The third-order valence-corrected chi connectivity index (χ3v) is 4.42. The van der Waals surface area contributed by atoms with Crippen LogP contribution in [0.25, 0.3) is 0 Å². The second-order valence-electron chi connectivity index (χ2n) is 8.16. The zero-order chi connectivity index (χ0) is 20.4. The summed E-state index contributed by atoms with van der Waals surface area (Å²) in [4.78, 5) is 38.4. The molecule has 2 rings (SSSR count). The summed E-state index contributed by atoms with van der Waals surface area (Å²) in [6.45, 7) is 9.01. The molecular weight excluding hydrogens is 348 g/mol. The molecule has 0 spiro atoms. The topological polar surface area (TPSA) is 95.9 Å². The van der Waals surface area contributed by atoms with Crippen molar-refractivity contribution in [1.29, 1.82) is 0 Å². The summed E-state index contributed by atoms with van der Waals surface area (Å²) >= 11 is 0. The molecule has 0 radical (unpaired) electrons. The Kier molecular flexibility index (Phi) is 6.13. The van der Waals surface area contributed by atoms with Gasteiger partial charge in [-0.3, -0.25) is 4.79 Å². The second kappa shape index (κ2) is 7.98. The van der Waals surface area contributed by atoms with Crippen molar-refractivity contribution in [2.45, 2.75) is 65.3 Å². The van der Waals surface area contributed by atoms with Gasteiger partial charge >= 0.3 is 12.1 Å². The highest BCUT2D eigenvalue weighted by molar-refractivity contribution is 5.90. The second-order valence-corrected chi connectivity index (χ2v) is 8.16. The molecule has 27 heavy (non-hydrogen) atoms. The number of carbonyl (C=O) groups excluding carboxylic acids is 2. The Morgan fingerprint density at radius 1 is 1.19 bits per heavy atom. The van der Waals surface area contributed by atoms with Crippen LogP contribution >= 0.6 is 0 Å². The molecule has 1 aromatic rings.